The summed E-state index contributed by atoms with van der Waals surface area (Å²) in [7, 11) is -2.57. The predicted octanol–water partition coefficient (Wildman–Crippen LogP) is 0.455. The van der Waals surface area contributed by atoms with Crippen molar-refractivity contribution in [3.05, 3.63) is 0 Å². The molecule has 1 aliphatic rings. The number of carbonyl (C=O) groups is 2. The van der Waals surface area contributed by atoms with Gasteiger partial charge in [0.05, 0.1) is 6.61 Å². The zero-order chi connectivity index (χ0) is 11.5. The van der Waals surface area contributed by atoms with Crippen LogP contribution in [0.25, 0.3) is 0 Å². The number of aliphatic hydroxyl groups excluding tert-OH is 1. The summed E-state index contributed by atoms with van der Waals surface area (Å²) >= 11 is 0. The van der Waals surface area contributed by atoms with E-state index in [0.29, 0.717) is 19.6 Å². The van der Waals surface area contributed by atoms with Crippen molar-refractivity contribution in [1.82, 2.24) is 4.90 Å². The van der Waals surface area contributed by atoms with Crippen LogP contribution in [0.5, 0.6) is 0 Å². The summed E-state index contributed by atoms with van der Waals surface area (Å²) in [6.07, 6.45) is 0. The van der Waals surface area contributed by atoms with Crippen molar-refractivity contribution in [3.63, 3.8) is 0 Å². The van der Waals surface area contributed by atoms with Crippen molar-refractivity contribution in [3.8, 4) is 0 Å². The fourth-order valence-corrected chi connectivity index (χ4v) is 3.76. The summed E-state index contributed by atoms with van der Waals surface area (Å²) in [5, 5.41) is 24.3. The van der Waals surface area contributed by atoms with Gasteiger partial charge in [-0.05, 0) is 10.0 Å². The molecular weight excluding hydrogens is 222 g/mol. The first-order chi connectivity index (χ1) is 7.03. The molecular formula is C8H15NO5S. The zero-order valence-corrected chi connectivity index (χ0v) is 9.07. The Balaban J connectivity index is 2.66. The molecule has 0 aromatic heterocycles. The van der Waals surface area contributed by atoms with E-state index < -0.39 is 20.6 Å². The van der Waals surface area contributed by atoms with Gasteiger partial charge in [-0.2, -0.15) is 0 Å². The lowest BCUT2D eigenvalue weighted by atomic mass is 10.5. The maximum absolute atomic E-state index is 11.0. The van der Waals surface area contributed by atoms with Gasteiger partial charge in [0, 0.05) is 31.1 Å². The quantitative estimate of drug-likeness (QED) is 0.645. The molecule has 0 aliphatic carbocycles. The molecule has 7 heteroatoms. The molecule has 0 aromatic rings. The molecule has 1 rings (SSSR count). The van der Waals surface area contributed by atoms with Crippen molar-refractivity contribution in [2.45, 2.75) is 0 Å². The number of hydrogen-bond acceptors (Lipinski definition) is 4. The third kappa shape index (κ3) is 2.42. The molecule has 0 aromatic carbocycles. The Morgan fingerprint density at radius 2 is 1.60 bits per heavy atom. The van der Waals surface area contributed by atoms with Crippen LogP contribution in [0.2, 0.25) is 0 Å². The predicted molar refractivity (Wildman–Crippen MR) is 56.9 cm³/mol. The molecule has 1 aliphatic heterocycles. The van der Waals surface area contributed by atoms with Crippen LogP contribution in [-0.4, -0.2) is 68.6 Å². The lowest BCUT2D eigenvalue weighted by Gasteiger charge is -2.39. The number of nitrogens with zero attached hydrogens (tertiary/aromatic N) is 1. The van der Waals surface area contributed by atoms with E-state index in [9.17, 15) is 9.59 Å². The molecule has 0 bridgehead atoms. The molecule has 6 nitrogen and oxygen atoms in total. The average Bonchev–Trinajstić information content (AvgIpc) is 2.18. The Kier molecular flexibility index (Phi) is 3.95. The minimum Gasteiger partial charge on any atom is -0.474 e. The lowest BCUT2D eigenvalue weighted by molar-refractivity contribution is 0.202. The second kappa shape index (κ2) is 4.82. The van der Waals surface area contributed by atoms with Gasteiger partial charge >= 0.3 is 10.6 Å². The summed E-state index contributed by atoms with van der Waals surface area (Å²) in [5.41, 5.74) is 0. The molecule has 0 radical (unpaired) electrons. The first-order valence-electron chi connectivity index (χ1n) is 4.61. The van der Waals surface area contributed by atoms with Gasteiger partial charge in [0.1, 0.15) is 0 Å². The zero-order valence-electron chi connectivity index (χ0n) is 8.26. The van der Waals surface area contributed by atoms with Gasteiger partial charge < -0.3 is 15.3 Å². The van der Waals surface area contributed by atoms with E-state index in [1.807, 2.05) is 4.90 Å². The van der Waals surface area contributed by atoms with Crippen molar-refractivity contribution in [2.75, 3.05) is 37.7 Å². The van der Waals surface area contributed by atoms with Crippen LogP contribution in [-0.2, 0) is 0 Å². The molecule has 0 unspecified atom stereocenters. The van der Waals surface area contributed by atoms with Crippen LogP contribution >= 0.6 is 10.0 Å². The fourth-order valence-electron chi connectivity index (χ4n) is 1.57. The summed E-state index contributed by atoms with van der Waals surface area (Å²) < 4.78 is 0. The molecule has 15 heavy (non-hydrogen) atoms. The number of aliphatic hydroxyl groups is 1. The van der Waals surface area contributed by atoms with E-state index >= 15 is 0 Å². The van der Waals surface area contributed by atoms with E-state index in [0.717, 1.165) is 0 Å². The highest BCUT2D eigenvalue weighted by Gasteiger charge is 2.42. The highest BCUT2D eigenvalue weighted by molar-refractivity contribution is 8.55. The van der Waals surface area contributed by atoms with Crippen LogP contribution < -0.4 is 0 Å². The molecule has 0 spiro atoms. The number of hydrogen-bond donors (Lipinski definition) is 3. The molecule has 1 heterocycles. The number of rotatable bonds is 2. The summed E-state index contributed by atoms with van der Waals surface area (Å²) in [5.74, 6) is 0.356. The fraction of sp³-hybridized carbons (Fsp3) is 0.750. The Morgan fingerprint density at radius 1 is 1.13 bits per heavy atom. The van der Waals surface area contributed by atoms with Gasteiger partial charge in [-0.1, -0.05) is 0 Å². The smallest absolute Gasteiger partial charge is 0.357 e. The van der Waals surface area contributed by atoms with Crippen LogP contribution in [0, 0.1) is 0 Å². The Bertz CT molecular complexity index is 246. The monoisotopic (exact) mass is 237 g/mol. The molecule has 3 N–H and O–H groups in total. The van der Waals surface area contributed by atoms with E-state index in [1.54, 1.807) is 0 Å². The van der Waals surface area contributed by atoms with Gasteiger partial charge in [-0.25, -0.2) is 9.59 Å². The largest absolute Gasteiger partial charge is 0.474 e. The average molecular weight is 237 g/mol. The van der Waals surface area contributed by atoms with Gasteiger partial charge in [-0.15, -0.1) is 0 Å². The van der Waals surface area contributed by atoms with Crippen LogP contribution in [0.15, 0.2) is 0 Å². The van der Waals surface area contributed by atoms with Gasteiger partial charge in [0.15, 0.2) is 0 Å². The second-order valence-corrected chi connectivity index (χ2v) is 6.67. The summed E-state index contributed by atoms with van der Waals surface area (Å²) in [4.78, 5) is 23.8. The van der Waals surface area contributed by atoms with E-state index in [4.69, 9.17) is 15.3 Å². The standard InChI is InChI=1S/C8H15NO5S/c10-4-1-9-2-5-15(6-3-9,7(11)12)8(13)14/h10H,1-6H2,(H,11,12)(H,13,14). The Hall–Kier alpha value is -0.790. The van der Waals surface area contributed by atoms with Crippen LogP contribution in [0.1, 0.15) is 0 Å². The Labute approximate surface area is 88.8 Å². The van der Waals surface area contributed by atoms with Crippen LogP contribution in [0.4, 0.5) is 9.59 Å². The maximum atomic E-state index is 11.0. The van der Waals surface area contributed by atoms with Gasteiger partial charge in [0.25, 0.3) is 0 Å². The van der Waals surface area contributed by atoms with Gasteiger partial charge in [-0.3, -0.25) is 4.90 Å². The molecule has 88 valence electrons. The van der Waals surface area contributed by atoms with E-state index in [1.165, 1.54) is 0 Å². The first kappa shape index (κ1) is 12.3. The van der Waals surface area contributed by atoms with Crippen molar-refractivity contribution in [2.24, 2.45) is 0 Å². The SMILES string of the molecule is O=C(O)S1(C(=O)O)CCN(CCO)CC1. The minimum atomic E-state index is -2.57. The lowest BCUT2D eigenvalue weighted by Crippen LogP contribution is -2.43. The first-order valence-corrected chi connectivity index (χ1v) is 6.58. The van der Waals surface area contributed by atoms with Crippen molar-refractivity contribution in [1.29, 1.82) is 0 Å². The van der Waals surface area contributed by atoms with Crippen molar-refractivity contribution < 1.29 is 24.9 Å². The highest BCUT2D eigenvalue weighted by Crippen LogP contribution is 2.50. The molecule has 1 fully saturated rings. The topological polar surface area (TPSA) is 98.1 Å². The number of β-amino-alcohol motifs (C(OH)–C–C–N with tert-alkyl or cyclic N) is 1. The third-order valence-corrected chi connectivity index (χ3v) is 5.69. The molecule has 0 saturated carbocycles. The summed E-state index contributed by atoms with van der Waals surface area (Å²) in [6.45, 7) is 1.38. The highest BCUT2D eigenvalue weighted by atomic mass is 32.3. The van der Waals surface area contributed by atoms with E-state index in [2.05, 4.69) is 0 Å². The molecule has 1 saturated heterocycles. The maximum Gasteiger partial charge on any atom is 0.357 e. The molecule has 0 atom stereocenters. The minimum absolute atomic E-state index is 0.0163. The third-order valence-electron chi connectivity index (χ3n) is 2.60. The van der Waals surface area contributed by atoms with Crippen LogP contribution in [0.3, 0.4) is 0 Å². The van der Waals surface area contributed by atoms with Crippen molar-refractivity contribution >= 4 is 20.6 Å². The van der Waals surface area contributed by atoms with E-state index in [-0.39, 0.29) is 18.1 Å². The number of carboxylic acid groups (broad SMARTS) is 2. The second-order valence-electron chi connectivity index (χ2n) is 3.39. The molecule has 0 amide bonds. The van der Waals surface area contributed by atoms with Gasteiger partial charge in [0.2, 0.25) is 0 Å². The summed E-state index contributed by atoms with van der Waals surface area (Å²) in [6, 6.07) is 0. The normalized spacial score (nSPS) is 23.3. The Morgan fingerprint density at radius 3 is 1.93 bits per heavy atom.